The fraction of sp³-hybridized carbons (Fsp3) is 0.360. The molecule has 30 heavy (non-hydrogen) atoms. The highest BCUT2D eigenvalue weighted by Crippen LogP contribution is 2.29. The molecular weight excluding hydrogens is 380 g/mol. The zero-order valence-electron chi connectivity index (χ0n) is 18.2. The van der Waals surface area contributed by atoms with Crippen LogP contribution in [-0.2, 0) is 22.6 Å². The van der Waals surface area contributed by atoms with Crippen LogP contribution in [0.2, 0.25) is 0 Å². The minimum Gasteiger partial charge on any atom is -0.488 e. The minimum atomic E-state index is -0.395. The first-order valence-corrected chi connectivity index (χ1v) is 10.2. The highest BCUT2D eigenvalue weighted by molar-refractivity contribution is 5.83. The third-order valence-corrected chi connectivity index (χ3v) is 4.99. The van der Waals surface area contributed by atoms with Crippen molar-refractivity contribution in [1.29, 1.82) is 0 Å². The summed E-state index contributed by atoms with van der Waals surface area (Å²) in [5, 5.41) is 0.834. The molecule has 158 valence electrons. The second-order valence-corrected chi connectivity index (χ2v) is 7.96. The van der Waals surface area contributed by atoms with Crippen molar-refractivity contribution < 1.29 is 18.7 Å². The van der Waals surface area contributed by atoms with Gasteiger partial charge in [0.25, 0.3) is 0 Å². The molecule has 2 aromatic carbocycles. The first kappa shape index (κ1) is 21.6. The molecule has 0 saturated carbocycles. The number of hydrogen-bond donors (Lipinski definition) is 0. The molecule has 5 nitrogen and oxygen atoms in total. The van der Waals surface area contributed by atoms with Gasteiger partial charge in [-0.15, -0.1) is 0 Å². The van der Waals surface area contributed by atoms with Crippen molar-refractivity contribution in [3.8, 4) is 5.75 Å². The number of aryl methyl sites for hydroxylation is 4. The van der Waals surface area contributed by atoms with E-state index >= 15 is 0 Å². The van der Waals surface area contributed by atoms with Gasteiger partial charge in [-0.1, -0.05) is 23.8 Å². The predicted octanol–water partition coefficient (Wildman–Crippen LogP) is 5.18. The Morgan fingerprint density at radius 3 is 2.50 bits per heavy atom. The monoisotopic (exact) mass is 408 g/mol. The van der Waals surface area contributed by atoms with Gasteiger partial charge in [0.1, 0.15) is 17.9 Å². The zero-order valence-corrected chi connectivity index (χ0v) is 18.2. The van der Waals surface area contributed by atoms with E-state index in [9.17, 15) is 9.59 Å². The topological polar surface area (TPSA) is 65.7 Å². The van der Waals surface area contributed by atoms with E-state index in [1.165, 1.54) is 6.07 Å². The lowest BCUT2D eigenvalue weighted by Crippen LogP contribution is -2.12. The van der Waals surface area contributed by atoms with Crippen LogP contribution in [0.4, 0.5) is 0 Å². The number of benzene rings is 2. The maximum atomic E-state index is 12.1. The lowest BCUT2D eigenvalue weighted by Gasteiger charge is -2.15. The predicted molar refractivity (Wildman–Crippen MR) is 117 cm³/mol. The summed E-state index contributed by atoms with van der Waals surface area (Å²) in [6.45, 7) is 10.0. The average molecular weight is 408 g/mol. The quantitative estimate of drug-likeness (QED) is 0.398. The van der Waals surface area contributed by atoms with Crippen LogP contribution in [0.5, 0.6) is 5.75 Å². The molecule has 0 fully saturated rings. The van der Waals surface area contributed by atoms with Crippen LogP contribution in [0.15, 0.2) is 45.6 Å². The summed E-state index contributed by atoms with van der Waals surface area (Å²) in [5.41, 5.74) is 5.18. The number of carbonyl (C=O) groups is 1. The number of ether oxygens (including phenoxy) is 2. The molecule has 0 aliphatic carbocycles. The molecule has 0 radical (unpaired) electrons. The van der Waals surface area contributed by atoms with Gasteiger partial charge in [-0.3, -0.25) is 4.79 Å². The summed E-state index contributed by atoms with van der Waals surface area (Å²) in [7, 11) is 0. The van der Waals surface area contributed by atoms with Gasteiger partial charge in [0, 0.05) is 23.9 Å². The Balaban J connectivity index is 1.93. The van der Waals surface area contributed by atoms with Crippen LogP contribution in [0.3, 0.4) is 0 Å². The van der Waals surface area contributed by atoms with Gasteiger partial charge in [0.2, 0.25) is 0 Å². The molecule has 3 aromatic rings. The molecule has 0 atom stereocenters. The maximum absolute atomic E-state index is 12.1. The van der Waals surface area contributed by atoms with Gasteiger partial charge in [-0.05, 0) is 69.4 Å². The summed E-state index contributed by atoms with van der Waals surface area (Å²) < 4.78 is 16.8. The maximum Gasteiger partial charge on any atom is 0.336 e. The van der Waals surface area contributed by atoms with E-state index in [-0.39, 0.29) is 18.5 Å². The van der Waals surface area contributed by atoms with Crippen LogP contribution >= 0.6 is 0 Å². The number of rotatable bonds is 7. The zero-order chi connectivity index (χ0) is 21.8. The third-order valence-electron chi connectivity index (χ3n) is 4.99. The van der Waals surface area contributed by atoms with E-state index in [0.29, 0.717) is 24.4 Å². The molecular formula is C25H28O5. The SMILES string of the molecule is Cc1ccc(C)c(COc2cc3oc(=O)cc(C)c3cc2CCC(=O)OC(C)C)c1. The molecule has 5 heteroatoms. The van der Waals surface area contributed by atoms with Crippen molar-refractivity contribution in [3.05, 3.63) is 74.6 Å². The molecule has 0 aliphatic rings. The van der Waals surface area contributed by atoms with Gasteiger partial charge in [0.15, 0.2) is 0 Å². The summed E-state index contributed by atoms with van der Waals surface area (Å²) in [6, 6.07) is 11.4. The Morgan fingerprint density at radius 2 is 1.77 bits per heavy atom. The summed E-state index contributed by atoms with van der Waals surface area (Å²) in [4.78, 5) is 23.9. The average Bonchev–Trinajstić information content (AvgIpc) is 2.66. The molecule has 0 spiro atoms. The van der Waals surface area contributed by atoms with Crippen molar-refractivity contribution in [3.63, 3.8) is 0 Å². The van der Waals surface area contributed by atoms with Crippen molar-refractivity contribution in [2.75, 3.05) is 0 Å². The standard InChI is InChI=1S/C25H28O5/c1-15(2)29-24(26)9-8-19-12-21-18(5)11-25(27)30-23(21)13-22(19)28-14-20-10-16(3)6-7-17(20)4/h6-7,10-13,15H,8-9,14H2,1-5H3. The second-order valence-electron chi connectivity index (χ2n) is 7.96. The van der Waals surface area contributed by atoms with Crippen molar-refractivity contribution in [2.24, 2.45) is 0 Å². The lowest BCUT2D eigenvalue weighted by molar-refractivity contribution is -0.147. The Morgan fingerprint density at radius 1 is 1.00 bits per heavy atom. The summed E-state index contributed by atoms with van der Waals surface area (Å²) in [6.07, 6.45) is 0.576. The summed E-state index contributed by atoms with van der Waals surface area (Å²) in [5.74, 6) is 0.358. The molecule has 0 amide bonds. The Hall–Kier alpha value is -3.08. The van der Waals surface area contributed by atoms with Crippen molar-refractivity contribution in [1.82, 2.24) is 0 Å². The molecule has 3 rings (SSSR count). The molecule has 1 aromatic heterocycles. The molecule has 0 saturated heterocycles. The highest BCUT2D eigenvalue weighted by Gasteiger charge is 2.14. The minimum absolute atomic E-state index is 0.148. The molecule has 0 unspecified atom stereocenters. The first-order valence-electron chi connectivity index (χ1n) is 10.2. The fourth-order valence-corrected chi connectivity index (χ4v) is 3.39. The molecule has 1 heterocycles. The fourth-order valence-electron chi connectivity index (χ4n) is 3.39. The van der Waals surface area contributed by atoms with E-state index in [1.807, 2.05) is 40.7 Å². The van der Waals surface area contributed by atoms with Gasteiger partial charge >= 0.3 is 11.6 Å². The second kappa shape index (κ2) is 9.16. The number of fused-ring (bicyclic) bond motifs is 1. The smallest absolute Gasteiger partial charge is 0.336 e. The van der Waals surface area contributed by atoms with E-state index in [0.717, 1.165) is 33.2 Å². The van der Waals surface area contributed by atoms with E-state index in [1.54, 1.807) is 6.07 Å². The van der Waals surface area contributed by atoms with E-state index in [2.05, 4.69) is 18.2 Å². The Labute approximate surface area is 176 Å². The highest BCUT2D eigenvalue weighted by atomic mass is 16.5. The van der Waals surface area contributed by atoms with E-state index in [4.69, 9.17) is 13.9 Å². The van der Waals surface area contributed by atoms with Crippen LogP contribution in [0.1, 0.15) is 48.1 Å². The third kappa shape index (κ3) is 5.29. The number of esters is 1. The Kier molecular flexibility index (Phi) is 6.60. The van der Waals surface area contributed by atoms with Crippen LogP contribution in [-0.4, -0.2) is 12.1 Å². The van der Waals surface area contributed by atoms with E-state index < -0.39 is 5.63 Å². The van der Waals surface area contributed by atoms with Crippen LogP contribution < -0.4 is 10.4 Å². The van der Waals surface area contributed by atoms with Crippen molar-refractivity contribution in [2.45, 2.75) is 60.2 Å². The number of carbonyl (C=O) groups excluding carboxylic acids is 1. The van der Waals surface area contributed by atoms with Gasteiger partial charge < -0.3 is 13.9 Å². The normalized spacial score (nSPS) is 11.1. The van der Waals surface area contributed by atoms with Gasteiger partial charge in [0.05, 0.1) is 6.10 Å². The van der Waals surface area contributed by atoms with Gasteiger partial charge in [-0.2, -0.15) is 0 Å². The van der Waals surface area contributed by atoms with Gasteiger partial charge in [-0.25, -0.2) is 4.79 Å². The number of hydrogen-bond acceptors (Lipinski definition) is 5. The summed E-state index contributed by atoms with van der Waals surface area (Å²) >= 11 is 0. The van der Waals surface area contributed by atoms with Crippen LogP contribution in [0, 0.1) is 20.8 Å². The van der Waals surface area contributed by atoms with Crippen LogP contribution in [0.25, 0.3) is 11.0 Å². The molecule has 0 N–H and O–H groups in total. The van der Waals surface area contributed by atoms with Crippen molar-refractivity contribution >= 4 is 16.9 Å². The first-order chi connectivity index (χ1) is 14.2. The Bertz CT molecular complexity index is 1120. The molecule has 0 aliphatic heterocycles. The lowest BCUT2D eigenvalue weighted by atomic mass is 10.0. The largest absolute Gasteiger partial charge is 0.488 e. The molecule has 0 bridgehead atoms.